The molecule has 2 N–H and O–H groups in total. The molecule has 3 rings (SSSR count). The maximum absolute atomic E-state index is 6.00. The van der Waals surface area contributed by atoms with Crippen LogP contribution in [0.15, 0.2) is 24.3 Å². The van der Waals surface area contributed by atoms with E-state index in [9.17, 15) is 0 Å². The van der Waals surface area contributed by atoms with Crippen LogP contribution in [0.25, 0.3) is 11.2 Å². The third-order valence-electron chi connectivity index (χ3n) is 3.17. The summed E-state index contributed by atoms with van der Waals surface area (Å²) in [6.07, 6.45) is 0. The van der Waals surface area contributed by atoms with Gasteiger partial charge < -0.3 is 5.73 Å². The maximum Gasteiger partial charge on any atom is 0.202 e. The second-order valence-electron chi connectivity index (χ2n) is 4.56. The van der Waals surface area contributed by atoms with Crippen LogP contribution < -0.4 is 5.73 Å². The highest BCUT2D eigenvalue weighted by Crippen LogP contribution is 2.22. The highest BCUT2D eigenvalue weighted by molar-refractivity contribution is 6.30. The van der Waals surface area contributed by atoms with Gasteiger partial charge in [-0.05, 0) is 24.6 Å². The van der Waals surface area contributed by atoms with Gasteiger partial charge in [-0.3, -0.25) is 9.25 Å². The molecule has 0 bridgehead atoms. The number of aromatic nitrogens is 4. The second-order valence-corrected chi connectivity index (χ2v) is 5.00. The van der Waals surface area contributed by atoms with Crippen molar-refractivity contribution in [2.45, 2.75) is 13.5 Å². The van der Waals surface area contributed by atoms with Crippen LogP contribution in [0.4, 0.5) is 5.95 Å². The minimum Gasteiger partial charge on any atom is -0.369 e. The summed E-state index contributed by atoms with van der Waals surface area (Å²) in [5, 5.41) is 5.09. The third kappa shape index (κ3) is 1.96. The van der Waals surface area contributed by atoms with Gasteiger partial charge in [0.05, 0.1) is 12.2 Å². The van der Waals surface area contributed by atoms with E-state index >= 15 is 0 Å². The molecule has 3 aromatic rings. The molecule has 0 spiro atoms. The molecule has 2 aromatic heterocycles. The Morgan fingerprint density at radius 2 is 1.95 bits per heavy atom. The molecule has 0 saturated carbocycles. The van der Waals surface area contributed by atoms with Crippen molar-refractivity contribution < 1.29 is 0 Å². The summed E-state index contributed by atoms with van der Waals surface area (Å²) in [6.45, 7) is 2.58. The Kier molecular flexibility index (Phi) is 2.71. The molecular formula is C13H14ClN5. The number of anilines is 1. The van der Waals surface area contributed by atoms with E-state index in [-0.39, 0.29) is 0 Å². The summed E-state index contributed by atoms with van der Waals surface area (Å²) in [7, 11) is 1.90. The number of nitrogen functional groups attached to an aromatic ring is 1. The lowest BCUT2D eigenvalue weighted by molar-refractivity contribution is 0.726. The van der Waals surface area contributed by atoms with Gasteiger partial charge in [0.25, 0.3) is 0 Å². The van der Waals surface area contributed by atoms with Crippen molar-refractivity contribution in [2.24, 2.45) is 7.05 Å². The Labute approximate surface area is 115 Å². The largest absolute Gasteiger partial charge is 0.369 e. The number of fused-ring (bicyclic) bond motifs is 1. The minimum absolute atomic E-state index is 0.501. The number of halogens is 1. The Morgan fingerprint density at radius 1 is 1.26 bits per heavy atom. The lowest BCUT2D eigenvalue weighted by Gasteiger charge is -2.07. The Balaban J connectivity index is 2.09. The van der Waals surface area contributed by atoms with Crippen molar-refractivity contribution in [3.05, 3.63) is 40.5 Å². The van der Waals surface area contributed by atoms with Gasteiger partial charge in [-0.15, -0.1) is 0 Å². The molecule has 0 unspecified atom stereocenters. The van der Waals surface area contributed by atoms with Gasteiger partial charge in [-0.25, -0.2) is 4.98 Å². The fraction of sp³-hybridized carbons (Fsp3) is 0.231. The molecule has 5 nitrogen and oxygen atoms in total. The van der Waals surface area contributed by atoms with E-state index in [4.69, 9.17) is 17.3 Å². The van der Waals surface area contributed by atoms with E-state index < -0.39 is 0 Å². The number of hydrogen-bond acceptors (Lipinski definition) is 3. The molecule has 0 amide bonds. The Hall–Kier alpha value is -2.01. The van der Waals surface area contributed by atoms with E-state index in [2.05, 4.69) is 10.1 Å². The fourth-order valence-corrected chi connectivity index (χ4v) is 2.41. The molecule has 2 heterocycles. The van der Waals surface area contributed by atoms with Crippen LogP contribution in [0.5, 0.6) is 0 Å². The summed E-state index contributed by atoms with van der Waals surface area (Å²) in [6, 6.07) is 7.71. The summed E-state index contributed by atoms with van der Waals surface area (Å²) in [5.41, 5.74) is 9.80. The molecule has 0 aliphatic heterocycles. The van der Waals surface area contributed by atoms with Crippen molar-refractivity contribution in [2.75, 3.05) is 5.73 Å². The molecule has 0 fully saturated rings. The SMILES string of the molecule is Cc1nn(C)c2c1nc(N)n2Cc1ccc(Cl)cc1. The van der Waals surface area contributed by atoms with Gasteiger partial charge in [-0.1, -0.05) is 23.7 Å². The molecule has 0 aliphatic carbocycles. The maximum atomic E-state index is 6.00. The van der Waals surface area contributed by atoms with Crippen LogP contribution in [0.1, 0.15) is 11.3 Å². The number of hydrogen-bond donors (Lipinski definition) is 1. The molecule has 98 valence electrons. The number of rotatable bonds is 2. The van der Waals surface area contributed by atoms with Crippen LogP contribution in [0, 0.1) is 6.92 Å². The average molecular weight is 276 g/mol. The first-order valence-corrected chi connectivity index (χ1v) is 6.34. The van der Waals surface area contributed by atoms with Gasteiger partial charge in [0.15, 0.2) is 5.65 Å². The van der Waals surface area contributed by atoms with E-state index in [1.807, 2.05) is 47.5 Å². The summed E-state index contributed by atoms with van der Waals surface area (Å²) < 4.78 is 3.77. The quantitative estimate of drug-likeness (QED) is 0.781. The molecule has 0 radical (unpaired) electrons. The van der Waals surface area contributed by atoms with E-state index in [1.165, 1.54) is 0 Å². The van der Waals surface area contributed by atoms with Gasteiger partial charge in [-0.2, -0.15) is 5.10 Å². The number of benzene rings is 1. The van der Waals surface area contributed by atoms with Crippen molar-refractivity contribution in [3.63, 3.8) is 0 Å². The van der Waals surface area contributed by atoms with Crippen LogP contribution in [0.3, 0.4) is 0 Å². The molecule has 19 heavy (non-hydrogen) atoms. The van der Waals surface area contributed by atoms with Crippen molar-refractivity contribution in [3.8, 4) is 0 Å². The van der Waals surface area contributed by atoms with Gasteiger partial charge >= 0.3 is 0 Å². The van der Waals surface area contributed by atoms with Crippen molar-refractivity contribution in [1.82, 2.24) is 19.3 Å². The predicted octanol–water partition coefficient (Wildman–Crippen LogP) is 2.36. The van der Waals surface area contributed by atoms with E-state index in [0.29, 0.717) is 12.5 Å². The summed E-state index contributed by atoms with van der Waals surface area (Å²) >= 11 is 5.89. The highest BCUT2D eigenvalue weighted by atomic mass is 35.5. The van der Waals surface area contributed by atoms with Crippen LogP contribution >= 0.6 is 11.6 Å². The topological polar surface area (TPSA) is 61.7 Å². The zero-order valence-corrected chi connectivity index (χ0v) is 11.5. The smallest absolute Gasteiger partial charge is 0.202 e. The first-order valence-electron chi connectivity index (χ1n) is 5.96. The van der Waals surface area contributed by atoms with Gasteiger partial charge in [0, 0.05) is 12.1 Å². The van der Waals surface area contributed by atoms with Crippen molar-refractivity contribution >= 4 is 28.7 Å². The lowest BCUT2D eigenvalue weighted by Crippen LogP contribution is -2.07. The second kappa shape index (κ2) is 4.28. The monoisotopic (exact) mass is 275 g/mol. The molecular weight excluding hydrogens is 262 g/mol. The van der Waals surface area contributed by atoms with Gasteiger partial charge in [0.1, 0.15) is 5.52 Å². The lowest BCUT2D eigenvalue weighted by atomic mass is 10.2. The molecule has 0 saturated heterocycles. The molecule has 6 heteroatoms. The normalized spacial score (nSPS) is 11.3. The summed E-state index contributed by atoms with van der Waals surface area (Å²) in [5.74, 6) is 0.501. The van der Waals surface area contributed by atoms with Crippen LogP contribution in [-0.4, -0.2) is 19.3 Å². The Morgan fingerprint density at radius 3 is 2.63 bits per heavy atom. The van der Waals surface area contributed by atoms with Crippen LogP contribution in [0.2, 0.25) is 5.02 Å². The molecule has 0 aliphatic rings. The number of nitrogens with two attached hydrogens (primary N) is 1. The third-order valence-corrected chi connectivity index (χ3v) is 3.43. The van der Waals surface area contributed by atoms with E-state index in [1.54, 1.807) is 0 Å². The van der Waals surface area contributed by atoms with Crippen LogP contribution in [-0.2, 0) is 13.6 Å². The van der Waals surface area contributed by atoms with Crippen molar-refractivity contribution in [1.29, 1.82) is 0 Å². The summed E-state index contributed by atoms with van der Waals surface area (Å²) in [4.78, 5) is 4.38. The Bertz CT molecular complexity index is 739. The number of nitrogens with zero attached hydrogens (tertiary/aromatic N) is 4. The zero-order valence-electron chi connectivity index (χ0n) is 10.8. The van der Waals surface area contributed by atoms with Gasteiger partial charge in [0.2, 0.25) is 5.95 Å². The molecule has 0 atom stereocenters. The fourth-order valence-electron chi connectivity index (χ4n) is 2.28. The highest BCUT2D eigenvalue weighted by Gasteiger charge is 2.15. The zero-order chi connectivity index (χ0) is 13.6. The first-order chi connectivity index (χ1) is 9.06. The number of aryl methyl sites for hydroxylation is 2. The first kappa shape index (κ1) is 12.0. The predicted molar refractivity (Wildman–Crippen MR) is 76.2 cm³/mol. The number of imidazole rings is 1. The van der Waals surface area contributed by atoms with E-state index in [0.717, 1.165) is 27.4 Å². The minimum atomic E-state index is 0.501. The average Bonchev–Trinajstić information content (AvgIpc) is 2.82. The molecule has 1 aromatic carbocycles. The standard InChI is InChI=1S/C13H14ClN5/c1-8-11-12(18(2)17-8)19(13(15)16-11)7-9-3-5-10(14)6-4-9/h3-6H,7H2,1-2H3,(H2,15,16).